The van der Waals surface area contributed by atoms with Gasteiger partial charge >= 0.3 is 6.18 Å². The minimum atomic E-state index is -4.54. The van der Waals surface area contributed by atoms with Crippen molar-refractivity contribution in [3.63, 3.8) is 0 Å². The van der Waals surface area contributed by atoms with Gasteiger partial charge in [-0.1, -0.05) is 18.2 Å². The zero-order chi connectivity index (χ0) is 20.8. The minimum Gasteiger partial charge on any atom is -0.328 e. The van der Waals surface area contributed by atoms with Gasteiger partial charge in [-0.3, -0.25) is 4.79 Å². The molecule has 1 amide bonds. The van der Waals surface area contributed by atoms with Crippen molar-refractivity contribution in [3.05, 3.63) is 52.8 Å². The average Bonchev–Trinajstić information content (AvgIpc) is 2.65. The molecule has 3 N–H and O–H groups in total. The number of hydrogen-bond donors (Lipinski definition) is 2. The van der Waals surface area contributed by atoms with E-state index < -0.39 is 17.6 Å². The van der Waals surface area contributed by atoms with Crippen LogP contribution < -0.4 is 11.1 Å². The molecular weight excluding hydrogens is 404 g/mol. The van der Waals surface area contributed by atoms with E-state index in [1.165, 1.54) is 12.1 Å². The Bertz CT molecular complexity index is 960. The highest BCUT2D eigenvalue weighted by Crippen LogP contribution is 2.45. The standard InChI is InChI=1S/C21H20F4N2OS/c22-14-4-5-18-12(6-14)8-16-17(9-13(21(23,24)25)10-19(16)29-18)27-20(28)11-2-1-3-15(26)7-11/h4-6,9-11,15H,1-3,7-8,26H2,(H,27,28). The number of anilines is 1. The molecule has 4 rings (SSSR count). The van der Waals surface area contributed by atoms with Gasteiger partial charge in [0.05, 0.1) is 5.56 Å². The van der Waals surface area contributed by atoms with Crippen molar-refractivity contribution in [1.29, 1.82) is 0 Å². The summed E-state index contributed by atoms with van der Waals surface area (Å²) in [7, 11) is 0. The first-order valence-electron chi connectivity index (χ1n) is 9.47. The number of hydrogen-bond acceptors (Lipinski definition) is 3. The number of carbonyl (C=O) groups is 1. The predicted octanol–water partition coefficient (Wildman–Crippen LogP) is 5.36. The molecule has 0 spiro atoms. The van der Waals surface area contributed by atoms with E-state index in [2.05, 4.69) is 5.32 Å². The normalized spacial score (nSPS) is 21.3. The summed E-state index contributed by atoms with van der Waals surface area (Å²) >= 11 is 1.16. The lowest BCUT2D eigenvalue weighted by Gasteiger charge is -2.27. The summed E-state index contributed by atoms with van der Waals surface area (Å²) in [4.78, 5) is 13.9. The van der Waals surface area contributed by atoms with E-state index in [4.69, 9.17) is 5.73 Å². The van der Waals surface area contributed by atoms with Crippen molar-refractivity contribution < 1.29 is 22.4 Å². The predicted molar refractivity (Wildman–Crippen MR) is 103 cm³/mol. The first kappa shape index (κ1) is 20.2. The highest BCUT2D eigenvalue weighted by Gasteiger charge is 2.34. The number of carbonyl (C=O) groups excluding carboxylic acids is 1. The zero-order valence-corrected chi connectivity index (χ0v) is 16.3. The fraction of sp³-hybridized carbons (Fsp3) is 0.381. The van der Waals surface area contributed by atoms with Crippen LogP contribution in [-0.2, 0) is 17.4 Å². The third-order valence-electron chi connectivity index (χ3n) is 5.49. The lowest BCUT2D eigenvalue weighted by atomic mass is 9.85. The van der Waals surface area contributed by atoms with E-state index in [1.807, 2.05) is 0 Å². The van der Waals surface area contributed by atoms with Crippen molar-refractivity contribution >= 4 is 23.4 Å². The summed E-state index contributed by atoms with van der Waals surface area (Å²) in [5.41, 5.74) is 6.54. The molecule has 2 aromatic carbocycles. The maximum absolute atomic E-state index is 13.6. The molecule has 29 heavy (non-hydrogen) atoms. The fourth-order valence-corrected chi connectivity index (χ4v) is 5.12. The minimum absolute atomic E-state index is 0.0691. The van der Waals surface area contributed by atoms with Gasteiger partial charge in [-0.2, -0.15) is 13.2 Å². The monoisotopic (exact) mass is 424 g/mol. The molecule has 2 unspecified atom stereocenters. The third kappa shape index (κ3) is 4.28. The van der Waals surface area contributed by atoms with Crippen LogP contribution in [0.25, 0.3) is 0 Å². The first-order chi connectivity index (χ1) is 13.7. The summed E-state index contributed by atoms with van der Waals surface area (Å²) < 4.78 is 54.0. The van der Waals surface area contributed by atoms with Crippen molar-refractivity contribution in [2.24, 2.45) is 11.7 Å². The Hall–Kier alpha value is -2.06. The van der Waals surface area contributed by atoms with E-state index in [9.17, 15) is 22.4 Å². The molecule has 1 aliphatic carbocycles. The van der Waals surface area contributed by atoms with E-state index >= 15 is 0 Å². The smallest absolute Gasteiger partial charge is 0.328 e. The number of amides is 1. The molecule has 3 nitrogen and oxygen atoms in total. The maximum atomic E-state index is 13.6. The van der Waals surface area contributed by atoms with Crippen molar-refractivity contribution in [1.82, 2.24) is 0 Å². The van der Waals surface area contributed by atoms with Crippen LogP contribution in [0.2, 0.25) is 0 Å². The van der Waals surface area contributed by atoms with Crippen LogP contribution in [-0.4, -0.2) is 11.9 Å². The summed E-state index contributed by atoms with van der Waals surface area (Å²) in [6.07, 6.45) is -1.41. The highest BCUT2D eigenvalue weighted by atomic mass is 32.2. The molecule has 2 atom stereocenters. The van der Waals surface area contributed by atoms with Gasteiger partial charge in [-0.05, 0) is 60.7 Å². The topological polar surface area (TPSA) is 55.1 Å². The van der Waals surface area contributed by atoms with Gasteiger partial charge in [0.1, 0.15) is 5.82 Å². The number of rotatable bonds is 2. The first-order valence-corrected chi connectivity index (χ1v) is 10.3. The van der Waals surface area contributed by atoms with Crippen molar-refractivity contribution in [2.75, 3.05) is 5.32 Å². The van der Waals surface area contributed by atoms with Crippen LogP contribution in [0.1, 0.15) is 42.4 Å². The van der Waals surface area contributed by atoms with Gasteiger partial charge in [0.2, 0.25) is 5.91 Å². The molecule has 1 aliphatic heterocycles. The molecule has 8 heteroatoms. The molecule has 0 aromatic heterocycles. The molecule has 154 valence electrons. The quantitative estimate of drug-likeness (QED) is 0.545. The molecule has 1 saturated carbocycles. The highest BCUT2D eigenvalue weighted by molar-refractivity contribution is 7.99. The number of alkyl halides is 3. The number of nitrogens with two attached hydrogens (primary N) is 1. The number of halogens is 4. The summed E-state index contributed by atoms with van der Waals surface area (Å²) in [5, 5.41) is 2.72. The maximum Gasteiger partial charge on any atom is 0.416 e. The largest absolute Gasteiger partial charge is 0.416 e. The van der Waals surface area contributed by atoms with Crippen LogP contribution in [0.4, 0.5) is 23.2 Å². The van der Waals surface area contributed by atoms with Gasteiger partial charge < -0.3 is 11.1 Å². The second kappa shape index (κ2) is 7.65. The van der Waals surface area contributed by atoms with Crippen LogP contribution in [0.3, 0.4) is 0 Å². The van der Waals surface area contributed by atoms with Gasteiger partial charge in [0, 0.05) is 33.9 Å². The van der Waals surface area contributed by atoms with Gasteiger partial charge in [0.25, 0.3) is 0 Å². The van der Waals surface area contributed by atoms with E-state index in [0.29, 0.717) is 33.8 Å². The van der Waals surface area contributed by atoms with E-state index in [-0.39, 0.29) is 30.0 Å². The van der Waals surface area contributed by atoms with Crippen molar-refractivity contribution in [2.45, 2.75) is 54.1 Å². The summed E-state index contributed by atoms with van der Waals surface area (Å²) in [6, 6.07) is 6.25. The Morgan fingerprint density at radius 1 is 1.14 bits per heavy atom. The van der Waals surface area contributed by atoms with Gasteiger partial charge in [-0.15, -0.1) is 0 Å². The zero-order valence-electron chi connectivity index (χ0n) is 15.5. The third-order valence-corrected chi connectivity index (χ3v) is 6.69. The molecule has 1 heterocycles. The Labute approximate surface area is 170 Å². The lowest BCUT2D eigenvalue weighted by molar-refractivity contribution is -0.137. The van der Waals surface area contributed by atoms with Crippen LogP contribution in [0.15, 0.2) is 40.1 Å². The second-order valence-corrected chi connectivity index (χ2v) is 8.73. The summed E-state index contributed by atoms with van der Waals surface area (Å²) in [6.45, 7) is 0. The molecule has 0 bridgehead atoms. The van der Waals surface area contributed by atoms with Crippen LogP contribution in [0, 0.1) is 11.7 Å². The SMILES string of the molecule is NC1CCCC(C(=O)Nc2cc(C(F)(F)F)cc3c2Cc2cc(F)ccc2S3)C1. The van der Waals surface area contributed by atoms with Crippen LogP contribution >= 0.6 is 11.8 Å². The Kier molecular flexibility index (Phi) is 5.33. The van der Waals surface area contributed by atoms with E-state index in [1.54, 1.807) is 6.07 Å². The van der Waals surface area contributed by atoms with Gasteiger partial charge in [0.15, 0.2) is 0 Å². The molecule has 2 aromatic rings. The van der Waals surface area contributed by atoms with Crippen molar-refractivity contribution in [3.8, 4) is 0 Å². The van der Waals surface area contributed by atoms with Gasteiger partial charge in [-0.25, -0.2) is 4.39 Å². The summed E-state index contributed by atoms with van der Waals surface area (Å²) in [5.74, 6) is -1.02. The van der Waals surface area contributed by atoms with Crippen LogP contribution in [0.5, 0.6) is 0 Å². The molecule has 0 saturated heterocycles. The number of nitrogens with one attached hydrogen (secondary N) is 1. The second-order valence-electron chi connectivity index (χ2n) is 7.64. The molecule has 2 aliphatic rings. The Balaban J connectivity index is 1.70. The molecule has 1 fully saturated rings. The average molecular weight is 424 g/mol. The lowest BCUT2D eigenvalue weighted by Crippen LogP contribution is -2.34. The molecule has 0 radical (unpaired) electrons. The fourth-order valence-electron chi connectivity index (χ4n) is 3.99. The Morgan fingerprint density at radius 3 is 2.66 bits per heavy atom. The number of benzene rings is 2. The van der Waals surface area contributed by atoms with E-state index in [0.717, 1.165) is 36.7 Å². The molecular formula is C21H20F4N2OS. The Morgan fingerprint density at radius 2 is 1.93 bits per heavy atom. The number of fused-ring (bicyclic) bond motifs is 2.